The van der Waals surface area contributed by atoms with Crippen LogP contribution in [0, 0.1) is 13.8 Å². The zero-order valence-electron chi connectivity index (χ0n) is 10.4. The Bertz CT molecular complexity index is 530. The van der Waals surface area contributed by atoms with Gasteiger partial charge in [0.2, 0.25) is 0 Å². The number of tetrazole rings is 1. The SMILES string of the molecule is CCCc1nnnn1-c1cc(C)c(N)cc1C. The molecule has 0 fully saturated rings. The molecule has 90 valence electrons. The lowest BCUT2D eigenvalue weighted by molar-refractivity contribution is 0.741. The van der Waals surface area contributed by atoms with Gasteiger partial charge in [0.25, 0.3) is 0 Å². The molecule has 2 aromatic rings. The Morgan fingerprint density at radius 1 is 1.24 bits per heavy atom. The van der Waals surface area contributed by atoms with Gasteiger partial charge in [0, 0.05) is 12.1 Å². The molecular weight excluding hydrogens is 214 g/mol. The topological polar surface area (TPSA) is 69.6 Å². The highest BCUT2D eigenvalue weighted by Gasteiger charge is 2.10. The van der Waals surface area contributed by atoms with Crippen LogP contribution in [0.3, 0.4) is 0 Å². The van der Waals surface area contributed by atoms with Gasteiger partial charge in [-0.05, 0) is 54.0 Å². The van der Waals surface area contributed by atoms with Crippen molar-refractivity contribution >= 4 is 5.69 Å². The van der Waals surface area contributed by atoms with Gasteiger partial charge in [0.05, 0.1) is 5.69 Å². The van der Waals surface area contributed by atoms with Gasteiger partial charge < -0.3 is 5.73 Å². The van der Waals surface area contributed by atoms with Gasteiger partial charge in [-0.2, -0.15) is 4.68 Å². The summed E-state index contributed by atoms with van der Waals surface area (Å²) in [5.41, 5.74) is 9.81. The van der Waals surface area contributed by atoms with Crippen LogP contribution >= 0.6 is 0 Å². The normalized spacial score (nSPS) is 10.8. The molecule has 2 rings (SSSR count). The highest BCUT2D eigenvalue weighted by Crippen LogP contribution is 2.21. The molecule has 17 heavy (non-hydrogen) atoms. The van der Waals surface area contributed by atoms with Crippen LogP contribution in [-0.4, -0.2) is 20.2 Å². The molecule has 0 saturated heterocycles. The lowest BCUT2D eigenvalue weighted by atomic mass is 10.1. The van der Waals surface area contributed by atoms with Crippen LogP contribution in [-0.2, 0) is 6.42 Å². The summed E-state index contributed by atoms with van der Waals surface area (Å²) >= 11 is 0. The van der Waals surface area contributed by atoms with E-state index in [0.29, 0.717) is 0 Å². The van der Waals surface area contributed by atoms with Crippen LogP contribution in [0.1, 0.15) is 30.3 Å². The standard InChI is InChI=1S/C12H17N5/c1-4-5-12-14-15-16-17(12)11-7-8(2)10(13)6-9(11)3/h6-7H,4-5,13H2,1-3H3. The van der Waals surface area contributed by atoms with Crippen LogP contribution in [0.2, 0.25) is 0 Å². The van der Waals surface area contributed by atoms with Gasteiger partial charge in [0.15, 0.2) is 5.82 Å². The number of benzene rings is 1. The third-order valence-corrected chi connectivity index (χ3v) is 2.82. The highest BCUT2D eigenvalue weighted by molar-refractivity contribution is 5.56. The number of nitrogens with zero attached hydrogens (tertiary/aromatic N) is 4. The summed E-state index contributed by atoms with van der Waals surface area (Å²) in [5.74, 6) is 0.889. The van der Waals surface area contributed by atoms with Crippen LogP contribution in [0.4, 0.5) is 5.69 Å². The van der Waals surface area contributed by atoms with Gasteiger partial charge in [-0.25, -0.2) is 0 Å². The molecule has 1 aromatic carbocycles. The maximum absolute atomic E-state index is 5.88. The van der Waals surface area contributed by atoms with E-state index in [1.54, 1.807) is 4.68 Å². The first-order valence-electron chi connectivity index (χ1n) is 5.77. The van der Waals surface area contributed by atoms with E-state index in [1.807, 2.05) is 26.0 Å². The quantitative estimate of drug-likeness (QED) is 0.818. The van der Waals surface area contributed by atoms with Crippen molar-refractivity contribution in [2.24, 2.45) is 0 Å². The van der Waals surface area contributed by atoms with Gasteiger partial charge in [-0.15, -0.1) is 5.10 Å². The molecule has 0 bridgehead atoms. The second kappa shape index (κ2) is 4.53. The van der Waals surface area contributed by atoms with Crippen molar-refractivity contribution in [3.8, 4) is 5.69 Å². The van der Waals surface area contributed by atoms with E-state index in [4.69, 9.17) is 5.73 Å². The van der Waals surface area contributed by atoms with Gasteiger partial charge in [0.1, 0.15) is 0 Å². The van der Waals surface area contributed by atoms with E-state index in [9.17, 15) is 0 Å². The van der Waals surface area contributed by atoms with E-state index >= 15 is 0 Å². The molecule has 5 nitrogen and oxygen atoms in total. The molecule has 5 heteroatoms. The summed E-state index contributed by atoms with van der Waals surface area (Å²) < 4.78 is 1.80. The maximum Gasteiger partial charge on any atom is 0.156 e. The summed E-state index contributed by atoms with van der Waals surface area (Å²) in [4.78, 5) is 0. The molecule has 0 aliphatic heterocycles. The van der Waals surface area contributed by atoms with E-state index in [-0.39, 0.29) is 0 Å². The lowest BCUT2D eigenvalue weighted by Gasteiger charge is -2.10. The van der Waals surface area contributed by atoms with Gasteiger partial charge in [-0.1, -0.05) is 6.92 Å². The van der Waals surface area contributed by atoms with Crippen LogP contribution in [0.15, 0.2) is 12.1 Å². The van der Waals surface area contributed by atoms with Crippen molar-refractivity contribution in [2.45, 2.75) is 33.6 Å². The summed E-state index contributed by atoms with van der Waals surface area (Å²) in [6.45, 7) is 6.12. The Morgan fingerprint density at radius 3 is 2.71 bits per heavy atom. The molecule has 2 N–H and O–H groups in total. The zero-order chi connectivity index (χ0) is 12.4. The van der Waals surface area contributed by atoms with Gasteiger partial charge >= 0.3 is 0 Å². The fourth-order valence-electron chi connectivity index (χ4n) is 1.82. The predicted octanol–water partition coefficient (Wildman–Crippen LogP) is 1.81. The summed E-state index contributed by atoms with van der Waals surface area (Å²) in [7, 11) is 0. The summed E-state index contributed by atoms with van der Waals surface area (Å²) in [6.07, 6.45) is 1.89. The van der Waals surface area contributed by atoms with Crippen LogP contribution < -0.4 is 5.73 Å². The van der Waals surface area contributed by atoms with Crippen molar-refractivity contribution in [2.75, 3.05) is 5.73 Å². The molecular formula is C12H17N5. The molecule has 1 aromatic heterocycles. The second-order valence-electron chi connectivity index (χ2n) is 4.25. The van der Waals surface area contributed by atoms with Crippen molar-refractivity contribution in [1.82, 2.24) is 20.2 Å². The number of nitrogen functional groups attached to an aromatic ring is 1. The molecule has 1 heterocycles. The number of aryl methyl sites for hydroxylation is 3. The minimum absolute atomic E-state index is 0.802. The van der Waals surface area contributed by atoms with Crippen molar-refractivity contribution in [3.63, 3.8) is 0 Å². The first-order chi connectivity index (χ1) is 8.13. The largest absolute Gasteiger partial charge is 0.399 e. The average Bonchev–Trinajstić information content (AvgIpc) is 2.72. The Morgan fingerprint density at radius 2 is 2.00 bits per heavy atom. The molecule has 0 aliphatic carbocycles. The third-order valence-electron chi connectivity index (χ3n) is 2.82. The van der Waals surface area contributed by atoms with E-state index in [1.165, 1.54) is 0 Å². The van der Waals surface area contributed by atoms with Crippen molar-refractivity contribution in [1.29, 1.82) is 0 Å². The Labute approximate surface area is 101 Å². The number of hydrogen-bond acceptors (Lipinski definition) is 4. The predicted molar refractivity (Wildman–Crippen MR) is 67.0 cm³/mol. The fraction of sp³-hybridized carbons (Fsp3) is 0.417. The smallest absolute Gasteiger partial charge is 0.156 e. The summed E-state index contributed by atoms with van der Waals surface area (Å²) in [6, 6.07) is 3.99. The molecule has 0 spiro atoms. The van der Waals surface area contributed by atoms with E-state index in [2.05, 4.69) is 22.4 Å². The molecule has 0 aliphatic rings. The molecule has 0 unspecified atom stereocenters. The third kappa shape index (κ3) is 2.13. The van der Waals surface area contributed by atoms with E-state index < -0.39 is 0 Å². The maximum atomic E-state index is 5.88. The Balaban J connectivity index is 2.52. The number of hydrogen-bond donors (Lipinski definition) is 1. The minimum Gasteiger partial charge on any atom is -0.399 e. The average molecular weight is 231 g/mol. The number of anilines is 1. The zero-order valence-corrected chi connectivity index (χ0v) is 10.4. The molecule has 0 atom stereocenters. The first-order valence-corrected chi connectivity index (χ1v) is 5.77. The number of aromatic nitrogens is 4. The lowest BCUT2D eigenvalue weighted by Crippen LogP contribution is -2.06. The molecule has 0 radical (unpaired) electrons. The Kier molecular flexibility index (Phi) is 3.08. The molecule has 0 saturated carbocycles. The number of rotatable bonds is 3. The first kappa shape index (κ1) is 11.6. The minimum atomic E-state index is 0.802. The van der Waals surface area contributed by atoms with E-state index in [0.717, 1.165) is 41.2 Å². The van der Waals surface area contributed by atoms with Crippen LogP contribution in [0.5, 0.6) is 0 Å². The Hall–Kier alpha value is -1.91. The van der Waals surface area contributed by atoms with Crippen molar-refractivity contribution < 1.29 is 0 Å². The second-order valence-corrected chi connectivity index (χ2v) is 4.25. The van der Waals surface area contributed by atoms with Gasteiger partial charge in [-0.3, -0.25) is 0 Å². The monoisotopic (exact) mass is 231 g/mol. The van der Waals surface area contributed by atoms with Crippen molar-refractivity contribution in [3.05, 3.63) is 29.1 Å². The highest BCUT2D eigenvalue weighted by atomic mass is 15.5. The number of nitrogens with two attached hydrogens (primary N) is 1. The fourth-order valence-corrected chi connectivity index (χ4v) is 1.82. The molecule has 0 amide bonds. The summed E-state index contributed by atoms with van der Waals surface area (Å²) in [5, 5.41) is 11.8. The van der Waals surface area contributed by atoms with Crippen LogP contribution in [0.25, 0.3) is 5.69 Å².